The third kappa shape index (κ3) is 6.01. The molecule has 1 fully saturated rings. The molecule has 0 spiro atoms. The summed E-state index contributed by atoms with van der Waals surface area (Å²) in [5.41, 5.74) is 1.34. The molecule has 0 atom stereocenters. The number of methoxy groups -OCH3 is 1. The van der Waals surface area contributed by atoms with Crippen LogP contribution in [0.5, 0.6) is 5.75 Å². The standard InChI is InChI=1S/C28H31F4N3O3/c1-38-20-4-5-25-22(15-20)21(18(16-29)17-34-25)3-2-6-28(27(36)37)7-10-35(11-8-28)12-9-33-19-13-23(30)26(32)24(31)14-19/h4-5,13-15,17,33H,2-3,6-12,16H2,1H3,(H,36,37). The van der Waals surface area contributed by atoms with Crippen LogP contribution < -0.4 is 10.1 Å². The van der Waals surface area contributed by atoms with Gasteiger partial charge in [0.1, 0.15) is 12.4 Å². The number of aromatic nitrogens is 1. The number of carboxylic acids is 1. The molecule has 38 heavy (non-hydrogen) atoms. The van der Waals surface area contributed by atoms with Crippen LogP contribution >= 0.6 is 0 Å². The van der Waals surface area contributed by atoms with E-state index in [-0.39, 0.29) is 5.69 Å². The normalized spacial score (nSPS) is 15.5. The quantitative estimate of drug-likeness (QED) is 0.242. The van der Waals surface area contributed by atoms with E-state index in [0.717, 1.165) is 28.6 Å². The highest BCUT2D eigenvalue weighted by Gasteiger charge is 2.40. The van der Waals surface area contributed by atoms with Crippen molar-refractivity contribution in [3.8, 4) is 5.75 Å². The first-order valence-corrected chi connectivity index (χ1v) is 12.6. The van der Waals surface area contributed by atoms with Gasteiger partial charge in [0.2, 0.25) is 0 Å². The van der Waals surface area contributed by atoms with Gasteiger partial charge in [0.15, 0.2) is 17.5 Å². The topological polar surface area (TPSA) is 74.7 Å². The molecule has 2 aromatic carbocycles. The lowest BCUT2D eigenvalue weighted by atomic mass is 9.74. The number of likely N-dealkylation sites (tertiary alicyclic amines) is 1. The first-order chi connectivity index (χ1) is 18.3. The van der Waals surface area contributed by atoms with Gasteiger partial charge >= 0.3 is 5.97 Å². The smallest absolute Gasteiger partial charge is 0.309 e. The molecule has 0 amide bonds. The van der Waals surface area contributed by atoms with E-state index in [0.29, 0.717) is 69.6 Å². The van der Waals surface area contributed by atoms with E-state index < -0.39 is 35.5 Å². The summed E-state index contributed by atoms with van der Waals surface area (Å²) < 4.78 is 59.0. The number of pyridine rings is 1. The molecule has 204 valence electrons. The highest BCUT2D eigenvalue weighted by molar-refractivity contribution is 5.84. The number of fused-ring (bicyclic) bond motifs is 1. The summed E-state index contributed by atoms with van der Waals surface area (Å²) in [6.07, 6.45) is 4.03. The molecule has 10 heteroatoms. The molecule has 4 rings (SSSR count). The number of benzene rings is 2. The molecule has 2 heterocycles. The second kappa shape index (κ2) is 12.0. The summed E-state index contributed by atoms with van der Waals surface area (Å²) in [5.74, 6) is -4.20. The molecule has 2 N–H and O–H groups in total. The number of nitrogens with one attached hydrogen (secondary N) is 1. The van der Waals surface area contributed by atoms with Crippen molar-refractivity contribution in [3.05, 3.63) is 65.1 Å². The Kier molecular flexibility index (Phi) is 8.71. The van der Waals surface area contributed by atoms with Crippen LogP contribution in [0.1, 0.15) is 36.8 Å². The number of rotatable bonds is 11. The van der Waals surface area contributed by atoms with Gasteiger partial charge in [-0.05, 0) is 69.0 Å². The Morgan fingerprint density at radius 2 is 1.87 bits per heavy atom. The first-order valence-electron chi connectivity index (χ1n) is 12.6. The van der Waals surface area contributed by atoms with Crippen molar-refractivity contribution in [2.45, 2.75) is 38.8 Å². The van der Waals surface area contributed by atoms with Gasteiger partial charge in [-0.2, -0.15) is 0 Å². The Bertz CT molecular complexity index is 1270. The second-order valence-electron chi connectivity index (χ2n) is 9.74. The van der Waals surface area contributed by atoms with Crippen molar-refractivity contribution in [1.82, 2.24) is 9.88 Å². The highest BCUT2D eigenvalue weighted by atomic mass is 19.2. The minimum absolute atomic E-state index is 0.146. The molecule has 3 aromatic rings. The Morgan fingerprint density at radius 3 is 2.50 bits per heavy atom. The van der Waals surface area contributed by atoms with Gasteiger partial charge in [-0.3, -0.25) is 9.78 Å². The molecule has 1 aliphatic rings. The summed E-state index contributed by atoms with van der Waals surface area (Å²) in [5, 5.41) is 13.8. The van der Waals surface area contributed by atoms with E-state index >= 15 is 0 Å². The van der Waals surface area contributed by atoms with Crippen LogP contribution in [-0.4, -0.2) is 54.2 Å². The van der Waals surface area contributed by atoms with Gasteiger partial charge in [-0.15, -0.1) is 0 Å². The summed E-state index contributed by atoms with van der Waals surface area (Å²) >= 11 is 0. The number of hydrogen-bond acceptors (Lipinski definition) is 5. The van der Waals surface area contributed by atoms with Crippen LogP contribution in [0.4, 0.5) is 23.2 Å². The van der Waals surface area contributed by atoms with E-state index in [1.165, 1.54) is 0 Å². The molecular formula is C28H31F4N3O3. The Morgan fingerprint density at radius 1 is 1.16 bits per heavy atom. The van der Waals surface area contributed by atoms with Crippen molar-refractivity contribution in [1.29, 1.82) is 0 Å². The molecule has 0 unspecified atom stereocenters. The molecule has 0 saturated carbocycles. The van der Waals surface area contributed by atoms with Crippen LogP contribution in [0.2, 0.25) is 0 Å². The predicted molar refractivity (Wildman–Crippen MR) is 137 cm³/mol. The summed E-state index contributed by atoms with van der Waals surface area (Å²) in [4.78, 5) is 18.7. The lowest BCUT2D eigenvalue weighted by molar-refractivity contribution is -0.152. The Hall–Kier alpha value is -3.40. The third-order valence-corrected chi connectivity index (χ3v) is 7.51. The zero-order valence-corrected chi connectivity index (χ0v) is 21.2. The van der Waals surface area contributed by atoms with Crippen LogP contribution in [0.15, 0.2) is 36.5 Å². The Balaban J connectivity index is 1.34. The maximum absolute atomic E-state index is 13.8. The third-order valence-electron chi connectivity index (χ3n) is 7.51. The number of aliphatic carboxylic acids is 1. The first kappa shape index (κ1) is 27.6. The molecule has 0 radical (unpaired) electrons. The largest absolute Gasteiger partial charge is 0.497 e. The molecular weight excluding hydrogens is 502 g/mol. The number of alkyl halides is 1. The number of hydrogen-bond donors (Lipinski definition) is 2. The van der Waals surface area contributed by atoms with Gasteiger partial charge in [-0.1, -0.05) is 0 Å². The Labute approximate surface area is 218 Å². The fourth-order valence-electron chi connectivity index (χ4n) is 5.20. The molecule has 0 bridgehead atoms. The fourth-order valence-corrected chi connectivity index (χ4v) is 5.20. The fraction of sp³-hybridized carbons (Fsp3) is 0.429. The van der Waals surface area contributed by atoms with Crippen molar-refractivity contribution in [2.75, 3.05) is 38.6 Å². The van der Waals surface area contributed by atoms with Gasteiger partial charge in [0.25, 0.3) is 0 Å². The number of aryl methyl sites for hydroxylation is 1. The minimum atomic E-state index is -1.51. The van der Waals surface area contributed by atoms with Crippen LogP contribution in [0.3, 0.4) is 0 Å². The van der Waals surface area contributed by atoms with Crippen LogP contribution in [-0.2, 0) is 17.9 Å². The monoisotopic (exact) mass is 533 g/mol. The van der Waals surface area contributed by atoms with E-state index in [4.69, 9.17) is 4.74 Å². The number of halogens is 4. The lowest BCUT2D eigenvalue weighted by Crippen LogP contribution is -2.45. The van der Waals surface area contributed by atoms with E-state index in [2.05, 4.69) is 15.2 Å². The van der Waals surface area contributed by atoms with Crippen LogP contribution in [0, 0.1) is 22.9 Å². The number of ether oxygens (including phenoxy) is 1. The molecule has 6 nitrogen and oxygen atoms in total. The zero-order valence-electron chi connectivity index (χ0n) is 21.2. The molecule has 1 aromatic heterocycles. The minimum Gasteiger partial charge on any atom is -0.497 e. The highest BCUT2D eigenvalue weighted by Crippen LogP contribution is 2.38. The SMILES string of the molecule is COc1ccc2ncc(CF)c(CCCC3(C(=O)O)CCN(CCNc4cc(F)c(F)c(F)c4)CC3)c2c1. The molecule has 1 saturated heterocycles. The van der Waals surface area contributed by atoms with Gasteiger partial charge in [0.05, 0.1) is 18.0 Å². The van der Waals surface area contributed by atoms with E-state index in [1.54, 1.807) is 19.4 Å². The maximum atomic E-state index is 13.8. The number of nitrogens with zero attached hydrogens (tertiary/aromatic N) is 2. The molecule has 0 aliphatic carbocycles. The van der Waals surface area contributed by atoms with Gasteiger partial charge < -0.3 is 20.1 Å². The van der Waals surface area contributed by atoms with Crippen LogP contribution in [0.25, 0.3) is 10.9 Å². The second-order valence-corrected chi connectivity index (χ2v) is 9.74. The number of carbonyl (C=O) groups is 1. The average molecular weight is 534 g/mol. The summed E-state index contributed by atoms with van der Waals surface area (Å²) in [7, 11) is 1.56. The zero-order chi connectivity index (χ0) is 27.3. The van der Waals surface area contributed by atoms with Gasteiger partial charge in [-0.25, -0.2) is 17.6 Å². The number of piperidine rings is 1. The van der Waals surface area contributed by atoms with Crippen molar-refractivity contribution in [3.63, 3.8) is 0 Å². The summed E-state index contributed by atoms with van der Waals surface area (Å²) in [6.45, 7) is 1.38. The van der Waals surface area contributed by atoms with E-state index in [1.807, 2.05) is 12.1 Å². The average Bonchev–Trinajstić information content (AvgIpc) is 2.92. The maximum Gasteiger partial charge on any atom is 0.309 e. The van der Waals surface area contributed by atoms with Crippen molar-refractivity contribution < 1.29 is 32.2 Å². The molecule has 1 aliphatic heterocycles. The van der Waals surface area contributed by atoms with Gasteiger partial charge in [0, 0.05) is 48.1 Å². The van der Waals surface area contributed by atoms with E-state index in [9.17, 15) is 27.5 Å². The number of carboxylic acid groups (broad SMARTS) is 1. The summed E-state index contributed by atoms with van der Waals surface area (Å²) in [6, 6.07) is 7.27. The van der Waals surface area contributed by atoms with Crippen molar-refractivity contribution in [2.24, 2.45) is 5.41 Å². The number of anilines is 1. The lowest BCUT2D eigenvalue weighted by Gasteiger charge is -2.39. The predicted octanol–water partition coefficient (Wildman–Crippen LogP) is 5.73. The van der Waals surface area contributed by atoms with Crippen molar-refractivity contribution >= 4 is 22.6 Å².